The van der Waals surface area contributed by atoms with Gasteiger partial charge >= 0.3 is 0 Å². The lowest BCUT2D eigenvalue weighted by atomic mass is 9.98. The van der Waals surface area contributed by atoms with Crippen molar-refractivity contribution in [2.24, 2.45) is 0 Å². The molecule has 4 nitrogen and oxygen atoms in total. The Bertz CT molecular complexity index is 613. The molecule has 0 saturated carbocycles. The Labute approximate surface area is 130 Å². The summed E-state index contributed by atoms with van der Waals surface area (Å²) in [5.74, 6) is 1.58. The minimum Gasteiger partial charge on any atom is -0.454 e. The number of rotatable bonds is 6. The Morgan fingerprint density at radius 2 is 1.86 bits per heavy atom. The van der Waals surface area contributed by atoms with Crippen molar-refractivity contribution in [2.75, 3.05) is 13.3 Å². The molecule has 0 bridgehead atoms. The number of nitrogens with one attached hydrogen (secondary N) is 1. The van der Waals surface area contributed by atoms with E-state index >= 15 is 0 Å². The minimum absolute atomic E-state index is 0.117. The van der Waals surface area contributed by atoms with Crippen LogP contribution in [0.4, 0.5) is 0 Å². The molecule has 2 atom stereocenters. The molecule has 0 saturated heterocycles. The molecule has 0 aliphatic carbocycles. The SMILES string of the molecule is C[C@H](O)CN[C@H](Cc1ccccc1)c1ccc2c(c1)OCO2. The topological polar surface area (TPSA) is 50.7 Å². The highest BCUT2D eigenvalue weighted by atomic mass is 16.7. The first kappa shape index (κ1) is 14.9. The maximum absolute atomic E-state index is 9.56. The molecule has 3 rings (SSSR count). The number of fused-ring (bicyclic) bond motifs is 1. The van der Waals surface area contributed by atoms with Gasteiger partial charge in [-0.15, -0.1) is 0 Å². The molecule has 0 spiro atoms. The molecular formula is C18H21NO3. The minimum atomic E-state index is -0.382. The van der Waals surface area contributed by atoms with E-state index in [2.05, 4.69) is 23.5 Å². The maximum atomic E-state index is 9.56. The van der Waals surface area contributed by atoms with Crippen molar-refractivity contribution in [2.45, 2.75) is 25.5 Å². The van der Waals surface area contributed by atoms with Crippen LogP contribution in [0.2, 0.25) is 0 Å². The molecule has 1 aliphatic rings. The summed E-state index contributed by atoms with van der Waals surface area (Å²) in [7, 11) is 0. The molecule has 1 heterocycles. The van der Waals surface area contributed by atoms with Crippen molar-refractivity contribution in [3.05, 3.63) is 59.7 Å². The van der Waals surface area contributed by atoms with E-state index in [1.165, 1.54) is 5.56 Å². The van der Waals surface area contributed by atoms with E-state index in [0.717, 1.165) is 23.5 Å². The van der Waals surface area contributed by atoms with Gasteiger partial charge in [-0.2, -0.15) is 0 Å². The summed E-state index contributed by atoms with van der Waals surface area (Å²) in [4.78, 5) is 0. The molecule has 116 valence electrons. The van der Waals surface area contributed by atoms with Crippen molar-refractivity contribution < 1.29 is 14.6 Å². The Balaban J connectivity index is 1.81. The van der Waals surface area contributed by atoms with Crippen LogP contribution < -0.4 is 14.8 Å². The zero-order valence-electron chi connectivity index (χ0n) is 12.7. The average Bonchev–Trinajstić information content (AvgIpc) is 2.99. The maximum Gasteiger partial charge on any atom is 0.231 e. The lowest BCUT2D eigenvalue weighted by Crippen LogP contribution is -2.30. The molecule has 0 aromatic heterocycles. The summed E-state index contributed by atoms with van der Waals surface area (Å²) < 4.78 is 10.8. The summed E-state index contributed by atoms with van der Waals surface area (Å²) in [5, 5.41) is 13.0. The van der Waals surface area contributed by atoms with Gasteiger partial charge in [-0.05, 0) is 36.6 Å². The second kappa shape index (κ2) is 6.81. The molecule has 4 heteroatoms. The van der Waals surface area contributed by atoms with Gasteiger partial charge in [0.2, 0.25) is 6.79 Å². The van der Waals surface area contributed by atoms with Gasteiger partial charge in [0.05, 0.1) is 6.10 Å². The monoisotopic (exact) mass is 299 g/mol. The number of hydrogen-bond donors (Lipinski definition) is 2. The van der Waals surface area contributed by atoms with Crippen molar-refractivity contribution in [3.63, 3.8) is 0 Å². The molecule has 0 radical (unpaired) electrons. The first-order chi connectivity index (χ1) is 10.7. The van der Waals surface area contributed by atoms with Gasteiger partial charge in [0.25, 0.3) is 0 Å². The Kier molecular flexibility index (Phi) is 4.61. The predicted molar refractivity (Wildman–Crippen MR) is 85.1 cm³/mol. The standard InChI is InChI=1S/C18H21NO3/c1-13(20)11-19-16(9-14-5-3-2-4-6-14)15-7-8-17-18(10-15)22-12-21-17/h2-8,10,13,16,19-20H,9,11-12H2,1H3/t13-,16+/m0/s1. The molecule has 0 unspecified atom stereocenters. The number of ether oxygens (including phenoxy) is 2. The highest BCUT2D eigenvalue weighted by Crippen LogP contribution is 2.34. The third kappa shape index (κ3) is 3.59. The third-order valence-corrected chi connectivity index (χ3v) is 3.74. The van der Waals surface area contributed by atoms with Crippen molar-refractivity contribution in [1.29, 1.82) is 0 Å². The normalized spacial score (nSPS) is 15.5. The Morgan fingerprint density at radius 3 is 2.64 bits per heavy atom. The summed E-state index contributed by atoms with van der Waals surface area (Å²) in [6.45, 7) is 2.61. The highest BCUT2D eigenvalue weighted by molar-refractivity contribution is 5.45. The molecule has 0 amide bonds. The van der Waals surface area contributed by atoms with E-state index in [1.807, 2.05) is 30.3 Å². The lowest BCUT2D eigenvalue weighted by Gasteiger charge is -2.21. The highest BCUT2D eigenvalue weighted by Gasteiger charge is 2.18. The van der Waals surface area contributed by atoms with Crippen LogP contribution in [0.5, 0.6) is 11.5 Å². The van der Waals surface area contributed by atoms with E-state index in [4.69, 9.17) is 9.47 Å². The van der Waals surface area contributed by atoms with Crippen LogP contribution in [0.15, 0.2) is 48.5 Å². The van der Waals surface area contributed by atoms with Gasteiger partial charge < -0.3 is 19.9 Å². The van der Waals surface area contributed by atoms with Gasteiger partial charge in [0.1, 0.15) is 0 Å². The van der Waals surface area contributed by atoms with Crippen molar-refractivity contribution in [1.82, 2.24) is 5.32 Å². The van der Waals surface area contributed by atoms with Crippen LogP contribution in [0.25, 0.3) is 0 Å². The van der Waals surface area contributed by atoms with Crippen LogP contribution in [-0.2, 0) is 6.42 Å². The summed E-state index contributed by atoms with van der Waals surface area (Å²) in [6.07, 6.45) is 0.472. The van der Waals surface area contributed by atoms with E-state index < -0.39 is 0 Å². The fourth-order valence-corrected chi connectivity index (χ4v) is 2.60. The van der Waals surface area contributed by atoms with Gasteiger partial charge in [0, 0.05) is 12.6 Å². The predicted octanol–water partition coefficient (Wildman–Crippen LogP) is 2.67. The van der Waals surface area contributed by atoms with Crippen LogP contribution in [0.3, 0.4) is 0 Å². The fraction of sp³-hybridized carbons (Fsp3) is 0.333. The summed E-state index contributed by atoms with van der Waals surface area (Å²) in [5.41, 5.74) is 2.39. The van der Waals surface area contributed by atoms with Gasteiger partial charge in [-0.1, -0.05) is 36.4 Å². The molecular weight excluding hydrogens is 278 g/mol. The largest absolute Gasteiger partial charge is 0.454 e. The van der Waals surface area contributed by atoms with Crippen molar-refractivity contribution in [3.8, 4) is 11.5 Å². The van der Waals surface area contributed by atoms with Crippen LogP contribution in [0.1, 0.15) is 24.1 Å². The summed E-state index contributed by atoms with van der Waals surface area (Å²) in [6, 6.07) is 16.5. The van der Waals surface area contributed by atoms with Crippen LogP contribution in [-0.4, -0.2) is 24.5 Å². The zero-order valence-corrected chi connectivity index (χ0v) is 12.7. The first-order valence-electron chi connectivity index (χ1n) is 7.57. The van der Waals surface area contributed by atoms with Crippen molar-refractivity contribution >= 4 is 0 Å². The molecule has 22 heavy (non-hydrogen) atoms. The van der Waals surface area contributed by atoms with Gasteiger partial charge in [-0.25, -0.2) is 0 Å². The Hall–Kier alpha value is -2.04. The Morgan fingerprint density at radius 1 is 1.09 bits per heavy atom. The second-order valence-electron chi connectivity index (χ2n) is 5.61. The number of aliphatic hydroxyl groups excluding tert-OH is 1. The summed E-state index contributed by atoms with van der Waals surface area (Å²) >= 11 is 0. The molecule has 2 N–H and O–H groups in total. The van der Waals surface area contributed by atoms with E-state index in [9.17, 15) is 5.11 Å². The second-order valence-corrected chi connectivity index (χ2v) is 5.61. The third-order valence-electron chi connectivity index (χ3n) is 3.74. The molecule has 2 aromatic rings. The average molecular weight is 299 g/mol. The van der Waals surface area contributed by atoms with E-state index in [-0.39, 0.29) is 18.9 Å². The van der Waals surface area contributed by atoms with Gasteiger partial charge in [-0.3, -0.25) is 0 Å². The van der Waals surface area contributed by atoms with E-state index in [1.54, 1.807) is 6.92 Å². The number of hydrogen-bond acceptors (Lipinski definition) is 4. The zero-order chi connectivity index (χ0) is 15.4. The van der Waals surface area contributed by atoms with Crippen LogP contribution in [0, 0.1) is 0 Å². The van der Waals surface area contributed by atoms with E-state index in [0.29, 0.717) is 6.54 Å². The fourth-order valence-electron chi connectivity index (χ4n) is 2.60. The lowest BCUT2D eigenvalue weighted by molar-refractivity contribution is 0.174. The number of benzene rings is 2. The molecule has 1 aliphatic heterocycles. The smallest absolute Gasteiger partial charge is 0.231 e. The van der Waals surface area contributed by atoms with Crippen LogP contribution >= 0.6 is 0 Å². The van der Waals surface area contributed by atoms with Gasteiger partial charge in [0.15, 0.2) is 11.5 Å². The first-order valence-corrected chi connectivity index (χ1v) is 7.57. The molecule has 0 fully saturated rings. The number of aliphatic hydroxyl groups is 1. The quantitative estimate of drug-likeness (QED) is 0.861. The molecule has 2 aromatic carbocycles.